The van der Waals surface area contributed by atoms with Gasteiger partial charge in [-0.15, -0.1) is 11.8 Å². The molecule has 3 rings (SSSR count). The maximum Gasteiger partial charge on any atom is 0.233 e. The van der Waals surface area contributed by atoms with Crippen LogP contribution in [0, 0.1) is 0 Å². The Bertz CT molecular complexity index is 725. The summed E-state index contributed by atoms with van der Waals surface area (Å²) in [4.78, 5) is 20.2. The molecule has 1 aromatic heterocycles. The van der Waals surface area contributed by atoms with Crippen molar-refractivity contribution in [1.29, 1.82) is 0 Å². The molecule has 1 atom stereocenters. The monoisotopic (exact) mass is 369 g/mol. The Morgan fingerprint density at radius 3 is 2.69 bits per heavy atom. The van der Waals surface area contributed by atoms with Crippen LogP contribution in [0.3, 0.4) is 0 Å². The second-order valence-electron chi connectivity index (χ2n) is 7.66. The van der Waals surface area contributed by atoms with Gasteiger partial charge >= 0.3 is 0 Å². The van der Waals surface area contributed by atoms with E-state index in [1.807, 2.05) is 23.2 Å². The van der Waals surface area contributed by atoms with Crippen molar-refractivity contribution in [1.82, 2.24) is 15.2 Å². The average Bonchev–Trinajstić information content (AvgIpc) is 2.66. The Hall–Kier alpha value is -1.85. The van der Waals surface area contributed by atoms with E-state index in [0.29, 0.717) is 5.75 Å². The number of rotatable bonds is 4. The van der Waals surface area contributed by atoms with E-state index >= 15 is 0 Å². The van der Waals surface area contributed by atoms with Gasteiger partial charge in [0, 0.05) is 36.9 Å². The number of nitrogens with one attached hydrogen (secondary N) is 1. The maximum absolute atomic E-state index is 12.8. The number of hydrogen-bond donors (Lipinski definition) is 1. The fraction of sp³-hybridized carbons (Fsp3) is 0.429. The molecule has 26 heavy (non-hydrogen) atoms. The van der Waals surface area contributed by atoms with Crippen LogP contribution in [-0.2, 0) is 10.2 Å². The van der Waals surface area contributed by atoms with Crippen LogP contribution in [0.1, 0.15) is 37.9 Å². The number of hydrogen-bond acceptors (Lipinski definition) is 4. The zero-order valence-corrected chi connectivity index (χ0v) is 16.6. The molecule has 2 aromatic rings. The second kappa shape index (κ2) is 8.23. The first-order valence-electron chi connectivity index (χ1n) is 9.08. The zero-order chi connectivity index (χ0) is 18.6. The predicted octanol–water partition coefficient (Wildman–Crippen LogP) is 3.64. The summed E-state index contributed by atoms with van der Waals surface area (Å²) in [6, 6.07) is 12.6. The minimum absolute atomic E-state index is 0.0637. The van der Waals surface area contributed by atoms with E-state index in [4.69, 9.17) is 0 Å². The third-order valence-corrected chi connectivity index (χ3v) is 5.71. The maximum atomic E-state index is 12.8. The van der Waals surface area contributed by atoms with E-state index in [1.54, 1.807) is 18.0 Å². The van der Waals surface area contributed by atoms with Crippen molar-refractivity contribution in [2.45, 2.75) is 37.1 Å². The van der Waals surface area contributed by atoms with E-state index in [2.05, 4.69) is 55.3 Å². The Morgan fingerprint density at radius 1 is 1.27 bits per heavy atom. The molecule has 1 saturated heterocycles. The third kappa shape index (κ3) is 4.65. The van der Waals surface area contributed by atoms with E-state index < -0.39 is 0 Å². The van der Waals surface area contributed by atoms with Gasteiger partial charge in [-0.25, -0.2) is 0 Å². The van der Waals surface area contributed by atoms with Gasteiger partial charge in [0.1, 0.15) is 0 Å². The molecule has 0 aliphatic carbocycles. The molecule has 0 saturated carbocycles. The first-order chi connectivity index (χ1) is 12.4. The Morgan fingerprint density at radius 2 is 2.04 bits per heavy atom. The summed E-state index contributed by atoms with van der Waals surface area (Å²) >= 11 is 1.61. The first-order valence-corrected chi connectivity index (χ1v) is 10.1. The molecule has 1 N–H and O–H groups in total. The van der Waals surface area contributed by atoms with Gasteiger partial charge in [0.05, 0.1) is 11.8 Å². The van der Waals surface area contributed by atoms with Crippen molar-refractivity contribution < 1.29 is 4.79 Å². The average molecular weight is 370 g/mol. The van der Waals surface area contributed by atoms with E-state index in [9.17, 15) is 4.79 Å². The van der Waals surface area contributed by atoms with Crippen molar-refractivity contribution >= 4 is 17.7 Å². The number of benzene rings is 1. The molecule has 1 aliphatic rings. The highest BCUT2D eigenvalue weighted by Crippen LogP contribution is 2.27. The number of nitrogens with zero attached hydrogens (tertiary/aromatic N) is 2. The molecular formula is C21H27N3OS. The minimum Gasteiger partial charge on any atom is -0.332 e. The molecule has 0 bridgehead atoms. The van der Waals surface area contributed by atoms with Crippen LogP contribution in [-0.4, -0.2) is 41.2 Å². The quantitative estimate of drug-likeness (QED) is 0.836. The number of piperazine rings is 1. The van der Waals surface area contributed by atoms with Crippen LogP contribution in [0.2, 0.25) is 0 Å². The number of pyridine rings is 1. The summed E-state index contributed by atoms with van der Waals surface area (Å²) < 4.78 is 0. The molecule has 1 fully saturated rings. The molecule has 2 heterocycles. The van der Waals surface area contributed by atoms with Crippen molar-refractivity contribution in [3.63, 3.8) is 0 Å². The van der Waals surface area contributed by atoms with Gasteiger partial charge in [-0.05, 0) is 34.7 Å². The van der Waals surface area contributed by atoms with Gasteiger partial charge in [0.15, 0.2) is 0 Å². The Kier molecular flexibility index (Phi) is 5.99. The summed E-state index contributed by atoms with van der Waals surface area (Å²) in [6.45, 7) is 8.99. The number of thioether (sulfide) groups is 1. The first kappa shape index (κ1) is 18.9. The fourth-order valence-electron chi connectivity index (χ4n) is 3.15. The highest BCUT2D eigenvalue weighted by atomic mass is 32.2. The van der Waals surface area contributed by atoms with Crippen LogP contribution in [0.4, 0.5) is 0 Å². The molecule has 5 heteroatoms. The van der Waals surface area contributed by atoms with Gasteiger partial charge in [-0.3, -0.25) is 9.78 Å². The Labute approximate surface area is 160 Å². The predicted molar refractivity (Wildman–Crippen MR) is 107 cm³/mol. The molecule has 1 aliphatic heterocycles. The summed E-state index contributed by atoms with van der Waals surface area (Å²) in [5, 5.41) is 3.38. The summed E-state index contributed by atoms with van der Waals surface area (Å²) in [5.74, 6) is 0.649. The van der Waals surface area contributed by atoms with Crippen molar-refractivity contribution in [3.05, 3.63) is 59.9 Å². The van der Waals surface area contributed by atoms with Gasteiger partial charge in [0.2, 0.25) is 5.91 Å². The molecule has 1 unspecified atom stereocenters. The Balaban J connectivity index is 1.63. The van der Waals surface area contributed by atoms with E-state index in [0.717, 1.165) is 30.1 Å². The number of aromatic nitrogens is 1. The molecule has 0 spiro atoms. The minimum atomic E-state index is 0.0637. The lowest BCUT2D eigenvalue weighted by molar-refractivity contribution is -0.131. The molecule has 0 radical (unpaired) electrons. The lowest BCUT2D eigenvalue weighted by Gasteiger charge is -2.36. The smallest absolute Gasteiger partial charge is 0.233 e. The topological polar surface area (TPSA) is 45.2 Å². The summed E-state index contributed by atoms with van der Waals surface area (Å²) in [7, 11) is 0. The van der Waals surface area contributed by atoms with Gasteiger partial charge in [-0.1, -0.05) is 39.0 Å². The molecule has 138 valence electrons. The van der Waals surface area contributed by atoms with Crippen molar-refractivity contribution in [3.8, 4) is 0 Å². The molecule has 4 nitrogen and oxygen atoms in total. The van der Waals surface area contributed by atoms with Crippen LogP contribution in [0.5, 0.6) is 0 Å². The molecule has 1 aromatic carbocycles. The third-order valence-electron chi connectivity index (χ3n) is 4.72. The SMILES string of the molecule is CC(C)(C)c1ccc(SCC(=O)N2CCNCC2c2cccnc2)cc1. The van der Waals surface area contributed by atoms with Crippen LogP contribution >= 0.6 is 11.8 Å². The molecular weight excluding hydrogens is 342 g/mol. The van der Waals surface area contributed by atoms with E-state index in [1.165, 1.54) is 5.56 Å². The summed E-state index contributed by atoms with van der Waals surface area (Å²) in [6.07, 6.45) is 3.62. The van der Waals surface area contributed by atoms with Crippen LogP contribution in [0.15, 0.2) is 53.7 Å². The van der Waals surface area contributed by atoms with Gasteiger partial charge < -0.3 is 10.2 Å². The number of carbonyl (C=O) groups is 1. The standard InChI is InChI=1S/C21H27N3OS/c1-21(2,3)17-6-8-18(9-7-17)26-15-20(25)24-12-11-23-14-19(24)16-5-4-10-22-13-16/h4-10,13,19,23H,11-12,14-15H2,1-3H3. The number of carbonyl (C=O) groups excluding carboxylic acids is 1. The number of amides is 1. The lowest BCUT2D eigenvalue weighted by atomic mass is 9.87. The normalized spacial score (nSPS) is 18.0. The highest BCUT2D eigenvalue weighted by Gasteiger charge is 2.27. The zero-order valence-electron chi connectivity index (χ0n) is 15.7. The fourth-order valence-corrected chi connectivity index (χ4v) is 3.94. The van der Waals surface area contributed by atoms with Crippen LogP contribution < -0.4 is 5.32 Å². The van der Waals surface area contributed by atoms with Crippen LogP contribution in [0.25, 0.3) is 0 Å². The van der Waals surface area contributed by atoms with Crippen molar-refractivity contribution in [2.75, 3.05) is 25.4 Å². The summed E-state index contributed by atoms with van der Waals surface area (Å²) in [5.41, 5.74) is 2.55. The van der Waals surface area contributed by atoms with Gasteiger partial charge in [0.25, 0.3) is 0 Å². The molecule has 1 amide bonds. The largest absolute Gasteiger partial charge is 0.332 e. The van der Waals surface area contributed by atoms with Gasteiger partial charge in [-0.2, -0.15) is 0 Å². The highest BCUT2D eigenvalue weighted by molar-refractivity contribution is 8.00. The van der Waals surface area contributed by atoms with E-state index in [-0.39, 0.29) is 17.4 Å². The lowest BCUT2D eigenvalue weighted by Crippen LogP contribution is -2.49. The van der Waals surface area contributed by atoms with Crippen molar-refractivity contribution in [2.24, 2.45) is 0 Å². The second-order valence-corrected chi connectivity index (χ2v) is 8.71.